The first-order valence-corrected chi connectivity index (χ1v) is 6.05. The molecule has 1 atom stereocenters. The number of aromatic nitrogens is 2. The van der Waals surface area contributed by atoms with Crippen LogP contribution in [0, 0.1) is 0 Å². The van der Waals surface area contributed by atoms with Crippen molar-refractivity contribution >= 4 is 27.7 Å². The van der Waals surface area contributed by atoms with E-state index in [9.17, 15) is 0 Å². The van der Waals surface area contributed by atoms with Crippen molar-refractivity contribution in [3.8, 4) is 0 Å². The van der Waals surface area contributed by atoms with Crippen LogP contribution in [0.25, 0.3) is 0 Å². The Morgan fingerprint density at radius 3 is 3.00 bits per heavy atom. The van der Waals surface area contributed by atoms with Crippen LogP contribution < -0.4 is 5.73 Å². The third kappa shape index (κ3) is 2.84. The minimum atomic E-state index is -0.0713. The molecule has 0 aliphatic heterocycles. The molecule has 1 heterocycles. The lowest BCUT2D eigenvalue weighted by Crippen LogP contribution is -2.13. The molecule has 2 N–H and O–H groups in total. The fourth-order valence-electron chi connectivity index (χ4n) is 1.36. The van der Waals surface area contributed by atoms with Crippen LogP contribution in [0.2, 0.25) is 0 Å². The molecule has 0 bridgehead atoms. The van der Waals surface area contributed by atoms with E-state index in [0.717, 1.165) is 16.6 Å². The maximum Gasteiger partial charge on any atom is 0.0913 e. The highest BCUT2D eigenvalue weighted by atomic mass is 79.9. The van der Waals surface area contributed by atoms with Crippen LogP contribution in [0.3, 0.4) is 0 Å². The van der Waals surface area contributed by atoms with Gasteiger partial charge in [-0.2, -0.15) is 8.75 Å². The molecular formula is C10H10BrN3S. The third-order valence-corrected chi connectivity index (χ3v) is 3.09. The molecule has 0 amide bonds. The summed E-state index contributed by atoms with van der Waals surface area (Å²) in [6.45, 7) is 0. The van der Waals surface area contributed by atoms with Crippen molar-refractivity contribution in [2.24, 2.45) is 5.73 Å². The van der Waals surface area contributed by atoms with Crippen molar-refractivity contribution in [1.29, 1.82) is 0 Å². The van der Waals surface area contributed by atoms with E-state index in [1.54, 1.807) is 6.20 Å². The maximum atomic E-state index is 6.01. The third-order valence-electron chi connectivity index (χ3n) is 2.10. The fourth-order valence-corrected chi connectivity index (χ4v) is 2.28. The van der Waals surface area contributed by atoms with Crippen LogP contribution in [-0.4, -0.2) is 8.75 Å². The minimum Gasteiger partial charge on any atom is -0.322 e. The molecule has 0 radical (unpaired) electrons. The molecular weight excluding hydrogens is 274 g/mol. The lowest BCUT2D eigenvalue weighted by molar-refractivity contribution is 0.704. The summed E-state index contributed by atoms with van der Waals surface area (Å²) < 4.78 is 9.15. The molecule has 3 nitrogen and oxygen atoms in total. The van der Waals surface area contributed by atoms with Gasteiger partial charge in [0.05, 0.1) is 29.7 Å². The number of rotatable bonds is 3. The highest BCUT2D eigenvalue weighted by Gasteiger charge is 2.09. The lowest BCUT2D eigenvalue weighted by Gasteiger charge is -2.08. The molecule has 0 saturated carbocycles. The molecule has 0 aliphatic carbocycles. The van der Waals surface area contributed by atoms with Gasteiger partial charge in [-0.05, 0) is 24.1 Å². The van der Waals surface area contributed by atoms with Gasteiger partial charge >= 0.3 is 0 Å². The Bertz CT molecular complexity index is 430. The predicted octanol–water partition coefficient (Wildman–Crippen LogP) is 2.54. The van der Waals surface area contributed by atoms with Crippen molar-refractivity contribution in [2.45, 2.75) is 12.5 Å². The van der Waals surface area contributed by atoms with Crippen molar-refractivity contribution in [1.82, 2.24) is 8.75 Å². The Morgan fingerprint density at radius 1 is 1.47 bits per heavy atom. The van der Waals surface area contributed by atoms with Crippen molar-refractivity contribution in [3.63, 3.8) is 0 Å². The molecule has 0 aliphatic rings. The minimum absolute atomic E-state index is 0.0713. The Morgan fingerprint density at radius 2 is 2.33 bits per heavy atom. The molecule has 0 spiro atoms. The molecule has 0 fully saturated rings. The van der Waals surface area contributed by atoms with Crippen molar-refractivity contribution in [2.75, 3.05) is 0 Å². The first-order valence-electron chi connectivity index (χ1n) is 4.53. The Labute approximate surface area is 101 Å². The Kier molecular flexibility index (Phi) is 3.45. The van der Waals surface area contributed by atoms with E-state index in [0.29, 0.717) is 0 Å². The van der Waals surface area contributed by atoms with E-state index in [2.05, 4.69) is 36.8 Å². The molecule has 0 saturated heterocycles. The SMILES string of the molecule is NC(Cc1cccc(Br)c1)c1cnsn1. The second kappa shape index (κ2) is 4.83. The van der Waals surface area contributed by atoms with Crippen LogP contribution in [-0.2, 0) is 6.42 Å². The van der Waals surface area contributed by atoms with E-state index in [1.165, 1.54) is 17.3 Å². The van der Waals surface area contributed by atoms with Crippen LogP contribution >= 0.6 is 27.7 Å². The van der Waals surface area contributed by atoms with Gasteiger partial charge in [0.2, 0.25) is 0 Å². The van der Waals surface area contributed by atoms with Gasteiger partial charge in [0.15, 0.2) is 0 Å². The number of nitrogens with two attached hydrogens (primary N) is 1. The molecule has 1 unspecified atom stereocenters. The Hall–Kier alpha value is -0.780. The summed E-state index contributed by atoms with van der Waals surface area (Å²) >= 11 is 4.63. The number of benzene rings is 1. The second-order valence-corrected chi connectivity index (χ2v) is 4.75. The van der Waals surface area contributed by atoms with Gasteiger partial charge in [-0.3, -0.25) is 0 Å². The fraction of sp³-hybridized carbons (Fsp3) is 0.200. The second-order valence-electron chi connectivity index (χ2n) is 3.27. The summed E-state index contributed by atoms with van der Waals surface area (Å²) in [5.41, 5.74) is 8.07. The first-order chi connectivity index (χ1) is 7.25. The van der Waals surface area contributed by atoms with Crippen LogP contribution in [0.4, 0.5) is 0 Å². The van der Waals surface area contributed by atoms with Gasteiger partial charge < -0.3 is 5.73 Å². The first kappa shape index (κ1) is 10.7. The predicted molar refractivity (Wildman–Crippen MR) is 64.7 cm³/mol. The van der Waals surface area contributed by atoms with E-state index >= 15 is 0 Å². The molecule has 78 valence electrons. The molecule has 2 aromatic rings. The zero-order valence-electron chi connectivity index (χ0n) is 7.93. The number of hydrogen-bond donors (Lipinski definition) is 1. The highest BCUT2D eigenvalue weighted by molar-refractivity contribution is 9.10. The molecule has 15 heavy (non-hydrogen) atoms. The monoisotopic (exact) mass is 283 g/mol. The molecule has 1 aromatic heterocycles. The summed E-state index contributed by atoms with van der Waals surface area (Å²) in [6, 6.07) is 8.06. The van der Waals surface area contributed by atoms with Crippen molar-refractivity contribution < 1.29 is 0 Å². The smallest absolute Gasteiger partial charge is 0.0913 e. The topological polar surface area (TPSA) is 51.8 Å². The van der Waals surface area contributed by atoms with Crippen LogP contribution in [0.1, 0.15) is 17.3 Å². The number of hydrogen-bond acceptors (Lipinski definition) is 4. The molecule has 2 rings (SSSR count). The van der Waals surface area contributed by atoms with Gasteiger partial charge in [-0.15, -0.1) is 0 Å². The van der Waals surface area contributed by atoms with Gasteiger partial charge in [-0.1, -0.05) is 28.1 Å². The van der Waals surface area contributed by atoms with Gasteiger partial charge in [0.1, 0.15) is 0 Å². The van der Waals surface area contributed by atoms with Crippen LogP contribution in [0.5, 0.6) is 0 Å². The van der Waals surface area contributed by atoms with E-state index in [-0.39, 0.29) is 6.04 Å². The zero-order chi connectivity index (χ0) is 10.7. The zero-order valence-corrected chi connectivity index (χ0v) is 10.3. The summed E-state index contributed by atoms with van der Waals surface area (Å²) in [5.74, 6) is 0. The largest absolute Gasteiger partial charge is 0.322 e. The Balaban J connectivity index is 2.09. The lowest BCUT2D eigenvalue weighted by atomic mass is 10.1. The number of halogens is 1. The van der Waals surface area contributed by atoms with E-state index in [4.69, 9.17) is 5.73 Å². The highest BCUT2D eigenvalue weighted by Crippen LogP contribution is 2.17. The van der Waals surface area contributed by atoms with Crippen molar-refractivity contribution in [3.05, 3.63) is 46.2 Å². The summed E-state index contributed by atoms with van der Waals surface area (Å²) in [5, 5.41) is 0. The average Bonchev–Trinajstić information content (AvgIpc) is 2.70. The average molecular weight is 284 g/mol. The normalized spacial score (nSPS) is 12.7. The maximum absolute atomic E-state index is 6.01. The van der Waals surface area contributed by atoms with Gasteiger partial charge in [0.25, 0.3) is 0 Å². The summed E-state index contributed by atoms with van der Waals surface area (Å²) in [4.78, 5) is 0. The molecule has 1 aromatic carbocycles. The standard InChI is InChI=1S/C10H10BrN3S/c11-8-3-1-2-7(4-8)5-9(12)10-6-13-15-14-10/h1-4,6,9H,5,12H2. The number of nitrogens with zero attached hydrogens (tertiary/aromatic N) is 2. The van der Waals surface area contributed by atoms with E-state index < -0.39 is 0 Å². The van der Waals surface area contributed by atoms with Gasteiger partial charge in [0, 0.05) is 4.47 Å². The van der Waals surface area contributed by atoms with Crippen LogP contribution in [0.15, 0.2) is 34.9 Å². The summed E-state index contributed by atoms with van der Waals surface area (Å²) in [7, 11) is 0. The van der Waals surface area contributed by atoms with E-state index in [1.807, 2.05) is 12.1 Å². The quantitative estimate of drug-likeness (QED) is 0.942. The van der Waals surface area contributed by atoms with Gasteiger partial charge in [-0.25, -0.2) is 0 Å². The summed E-state index contributed by atoms with van der Waals surface area (Å²) in [6.07, 6.45) is 2.51. The molecule has 5 heteroatoms.